The van der Waals surface area contributed by atoms with Gasteiger partial charge in [0.25, 0.3) is 5.91 Å². The standard InChI is InChI=1S/C22H27NO3/c1-14-7-6-8-17(11-14)25-16(3)21(24)23-19-13-22(4,5)26-20-12-15(2)9-10-18(19)20/h6-12,16,19H,13H2,1-5H3,(H,23,24)/t16-,19-/m0/s1. The van der Waals surface area contributed by atoms with Crippen molar-refractivity contribution >= 4 is 5.91 Å². The number of rotatable bonds is 4. The first-order chi connectivity index (χ1) is 12.2. The number of hydrogen-bond acceptors (Lipinski definition) is 3. The van der Waals surface area contributed by atoms with E-state index in [0.717, 1.165) is 22.4 Å². The molecule has 1 N–H and O–H groups in total. The van der Waals surface area contributed by atoms with E-state index >= 15 is 0 Å². The van der Waals surface area contributed by atoms with E-state index in [-0.39, 0.29) is 17.6 Å². The summed E-state index contributed by atoms with van der Waals surface area (Å²) in [6.45, 7) is 9.91. The number of ether oxygens (including phenoxy) is 2. The zero-order chi connectivity index (χ0) is 18.9. The number of carbonyl (C=O) groups excluding carboxylic acids is 1. The normalized spacial score (nSPS) is 19.0. The Kier molecular flexibility index (Phi) is 4.94. The molecule has 2 atom stereocenters. The van der Waals surface area contributed by atoms with Crippen LogP contribution in [0.3, 0.4) is 0 Å². The van der Waals surface area contributed by atoms with Crippen molar-refractivity contribution in [2.45, 2.75) is 58.8 Å². The summed E-state index contributed by atoms with van der Waals surface area (Å²) in [5.41, 5.74) is 2.93. The summed E-state index contributed by atoms with van der Waals surface area (Å²) in [6, 6.07) is 13.7. The first kappa shape index (κ1) is 18.3. The van der Waals surface area contributed by atoms with Crippen LogP contribution in [0.2, 0.25) is 0 Å². The number of benzene rings is 2. The van der Waals surface area contributed by atoms with E-state index in [0.29, 0.717) is 12.2 Å². The van der Waals surface area contributed by atoms with Crippen LogP contribution >= 0.6 is 0 Å². The minimum absolute atomic E-state index is 0.0922. The molecule has 138 valence electrons. The Bertz CT molecular complexity index is 813. The van der Waals surface area contributed by atoms with Crippen LogP contribution in [0.25, 0.3) is 0 Å². The molecule has 1 heterocycles. The van der Waals surface area contributed by atoms with Gasteiger partial charge < -0.3 is 14.8 Å². The van der Waals surface area contributed by atoms with Gasteiger partial charge in [0, 0.05) is 12.0 Å². The molecular formula is C22H27NO3. The molecule has 0 fully saturated rings. The second-order valence-corrected chi connectivity index (χ2v) is 7.74. The van der Waals surface area contributed by atoms with Crippen molar-refractivity contribution in [2.24, 2.45) is 0 Å². The van der Waals surface area contributed by atoms with E-state index in [2.05, 4.69) is 5.32 Å². The van der Waals surface area contributed by atoms with Crippen LogP contribution in [0.15, 0.2) is 42.5 Å². The SMILES string of the molecule is Cc1cccc(O[C@@H](C)C(=O)N[C@H]2CC(C)(C)Oc3cc(C)ccc32)c1. The molecule has 0 spiro atoms. The fourth-order valence-electron chi connectivity index (χ4n) is 3.32. The van der Waals surface area contributed by atoms with Gasteiger partial charge in [-0.1, -0.05) is 24.3 Å². The molecule has 1 amide bonds. The average molecular weight is 353 g/mol. The van der Waals surface area contributed by atoms with Crippen molar-refractivity contribution in [1.29, 1.82) is 0 Å². The number of carbonyl (C=O) groups is 1. The highest BCUT2D eigenvalue weighted by Crippen LogP contribution is 2.39. The van der Waals surface area contributed by atoms with Gasteiger partial charge in [0.05, 0.1) is 6.04 Å². The van der Waals surface area contributed by atoms with Crippen LogP contribution in [-0.4, -0.2) is 17.6 Å². The van der Waals surface area contributed by atoms with Gasteiger partial charge in [0.1, 0.15) is 17.1 Å². The van der Waals surface area contributed by atoms with E-state index < -0.39 is 6.10 Å². The monoisotopic (exact) mass is 353 g/mol. The summed E-state index contributed by atoms with van der Waals surface area (Å²) in [6.07, 6.45) is 0.142. The quantitative estimate of drug-likeness (QED) is 0.881. The van der Waals surface area contributed by atoms with E-state index in [1.807, 2.05) is 70.2 Å². The van der Waals surface area contributed by atoms with Crippen LogP contribution in [0, 0.1) is 13.8 Å². The van der Waals surface area contributed by atoms with Gasteiger partial charge in [-0.15, -0.1) is 0 Å². The van der Waals surface area contributed by atoms with Crippen LogP contribution in [0.5, 0.6) is 11.5 Å². The topological polar surface area (TPSA) is 47.6 Å². The van der Waals surface area contributed by atoms with E-state index in [4.69, 9.17) is 9.47 Å². The molecule has 4 nitrogen and oxygen atoms in total. The van der Waals surface area contributed by atoms with Crippen molar-refractivity contribution < 1.29 is 14.3 Å². The molecule has 0 radical (unpaired) electrons. The van der Waals surface area contributed by atoms with Gasteiger partial charge >= 0.3 is 0 Å². The van der Waals surface area contributed by atoms with E-state index in [1.54, 1.807) is 6.92 Å². The number of amides is 1. The largest absolute Gasteiger partial charge is 0.487 e. The summed E-state index contributed by atoms with van der Waals surface area (Å²) >= 11 is 0. The number of nitrogens with one attached hydrogen (secondary N) is 1. The highest BCUT2D eigenvalue weighted by molar-refractivity contribution is 5.81. The maximum Gasteiger partial charge on any atom is 0.261 e. The van der Waals surface area contributed by atoms with Gasteiger partial charge in [-0.2, -0.15) is 0 Å². The molecule has 2 aromatic carbocycles. The minimum atomic E-state index is -0.573. The van der Waals surface area contributed by atoms with Gasteiger partial charge in [0.15, 0.2) is 6.10 Å². The van der Waals surface area contributed by atoms with E-state index in [1.165, 1.54) is 0 Å². The molecule has 4 heteroatoms. The van der Waals surface area contributed by atoms with Gasteiger partial charge in [-0.25, -0.2) is 0 Å². The fraction of sp³-hybridized carbons (Fsp3) is 0.409. The molecule has 1 aliphatic heterocycles. The maximum absolute atomic E-state index is 12.7. The molecule has 0 saturated heterocycles. The Labute approximate surface area is 155 Å². The van der Waals surface area contributed by atoms with Gasteiger partial charge in [-0.3, -0.25) is 4.79 Å². The lowest BCUT2D eigenvalue weighted by molar-refractivity contribution is -0.128. The van der Waals surface area contributed by atoms with Crippen molar-refractivity contribution in [2.75, 3.05) is 0 Å². The van der Waals surface area contributed by atoms with Crippen LogP contribution in [-0.2, 0) is 4.79 Å². The van der Waals surface area contributed by atoms with Crippen molar-refractivity contribution in [3.05, 3.63) is 59.2 Å². The number of aryl methyl sites for hydroxylation is 2. The van der Waals surface area contributed by atoms with Gasteiger partial charge in [-0.05, 0) is 63.9 Å². The molecular weight excluding hydrogens is 326 g/mol. The molecule has 0 saturated carbocycles. The van der Waals surface area contributed by atoms with Crippen molar-refractivity contribution in [3.8, 4) is 11.5 Å². The molecule has 0 unspecified atom stereocenters. The Morgan fingerprint density at radius 1 is 1.19 bits per heavy atom. The first-order valence-electron chi connectivity index (χ1n) is 9.07. The predicted octanol–water partition coefficient (Wildman–Crippen LogP) is 4.49. The second-order valence-electron chi connectivity index (χ2n) is 7.74. The number of fused-ring (bicyclic) bond motifs is 1. The molecule has 0 aliphatic carbocycles. The lowest BCUT2D eigenvalue weighted by Crippen LogP contribution is -2.44. The summed E-state index contributed by atoms with van der Waals surface area (Å²) in [5, 5.41) is 3.14. The van der Waals surface area contributed by atoms with E-state index in [9.17, 15) is 4.79 Å². The smallest absolute Gasteiger partial charge is 0.261 e. The summed E-state index contributed by atoms with van der Waals surface area (Å²) in [7, 11) is 0. The Balaban J connectivity index is 1.74. The lowest BCUT2D eigenvalue weighted by Gasteiger charge is -2.38. The van der Waals surface area contributed by atoms with Crippen LogP contribution in [0.1, 0.15) is 49.9 Å². The van der Waals surface area contributed by atoms with Crippen LogP contribution in [0.4, 0.5) is 0 Å². The van der Waals surface area contributed by atoms with Gasteiger partial charge in [0.2, 0.25) is 0 Å². The third kappa shape index (κ3) is 4.18. The predicted molar refractivity (Wildman–Crippen MR) is 103 cm³/mol. The Hall–Kier alpha value is -2.49. The molecule has 1 aliphatic rings. The molecule has 3 rings (SSSR count). The third-order valence-corrected chi connectivity index (χ3v) is 4.61. The zero-order valence-electron chi connectivity index (χ0n) is 16.1. The average Bonchev–Trinajstić information content (AvgIpc) is 2.53. The highest BCUT2D eigenvalue weighted by atomic mass is 16.5. The van der Waals surface area contributed by atoms with Crippen molar-refractivity contribution in [1.82, 2.24) is 5.32 Å². The fourth-order valence-corrected chi connectivity index (χ4v) is 3.32. The first-order valence-corrected chi connectivity index (χ1v) is 9.07. The second kappa shape index (κ2) is 7.02. The highest BCUT2D eigenvalue weighted by Gasteiger charge is 2.35. The Morgan fingerprint density at radius 2 is 1.92 bits per heavy atom. The maximum atomic E-state index is 12.7. The summed E-state index contributed by atoms with van der Waals surface area (Å²) in [4.78, 5) is 12.7. The third-order valence-electron chi connectivity index (χ3n) is 4.61. The Morgan fingerprint density at radius 3 is 2.65 bits per heavy atom. The molecule has 0 aromatic heterocycles. The van der Waals surface area contributed by atoms with Crippen molar-refractivity contribution in [3.63, 3.8) is 0 Å². The minimum Gasteiger partial charge on any atom is -0.487 e. The lowest BCUT2D eigenvalue weighted by atomic mass is 9.89. The summed E-state index contributed by atoms with van der Waals surface area (Å²) < 4.78 is 11.9. The molecule has 2 aromatic rings. The zero-order valence-corrected chi connectivity index (χ0v) is 16.1. The number of hydrogen-bond donors (Lipinski definition) is 1. The summed E-state index contributed by atoms with van der Waals surface area (Å²) in [5.74, 6) is 1.43. The molecule has 0 bridgehead atoms. The van der Waals surface area contributed by atoms with Crippen LogP contribution < -0.4 is 14.8 Å². The molecule has 26 heavy (non-hydrogen) atoms.